The van der Waals surface area contributed by atoms with Crippen molar-refractivity contribution in [3.8, 4) is 0 Å². The Kier molecular flexibility index (Phi) is 5.06. The first-order valence-electron chi connectivity index (χ1n) is 4.18. The molecule has 1 aromatic rings. The number of aromatic nitrogens is 2. The zero-order valence-corrected chi connectivity index (χ0v) is 10.5. The standard InChI is InChI=1S/C8H11BrN2O2Si/c1-14-3-2-13-6-11-7(5-12)4-10-8(11)9/h4-5H,2-3,6H2,1H3. The largest absolute Gasteiger partial charge is 0.361 e. The van der Waals surface area contributed by atoms with Gasteiger partial charge in [-0.15, -0.1) is 0 Å². The van der Waals surface area contributed by atoms with Gasteiger partial charge in [0.05, 0.1) is 6.20 Å². The van der Waals surface area contributed by atoms with Crippen molar-refractivity contribution < 1.29 is 9.53 Å². The highest BCUT2D eigenvalue weighted by atomic mass is 79.9. The number of halogens is 1. The lowest BCUT2D eigenvalue weighted by Gasteiger charge is -2.06. The van der Waals surface area contributed by atoms with Crippen molar-refractivity contribution in [2.45, 2.75) is 19.3 Å². The van der Waals surface area contributed by atoms with Crippen LogP contribution in [0.4, 0.5) is 0 Å². The zero-order valence-electron chi connectivity index (χ0n) is 7.86. The van der Waals surface area contributed by atoms with Crippen LogP contribution in [0.25, 0.3) is 0 Å². The highest BCUT2D eigenvalue weighted by Gasteiger charge is 2.05. The van der Waals surface area contributed by atoms with E-state index in [4.69, 9.17) is 4.74 Å². The van der Waals surface area contributed by atoms with Gasteiger partial charge in [-0.05, 0) is 22.0 Å². The minimum Gasteiger partial charge on any atom is -0.361 e. The average molecular weight is 275 g/mol. The van der Waals surface area contributed by atoms with E-state index in [0.29, 0.717) is 17.2 Å². The van der Waals surface area contributed by atoms with E-state index in [0.717, 1.165) is 28.5 Å². The van der Waals surface area contributed by atoms with E-state index in [1.165, 1.54) is 6.20 Å². The van der Waals surface area contributed by atoms with E-state index in [9.17, 15) is 4.79 Å². The van der Waals surface area contributed by atoms with Gasteiger partial charge < -0.3 is 4.74 Å². The summed E-state index contributed by atoms with van der Waals surface area (Å²) in [5, 5.41) is 0. The lowest BCUT2D eigenvalue weighted by Crippen LogP contribution is -2.07. The summed E-state index contributed by atoms with van der Waals surface area (Å²) in [6.07, 6.45) is 2.28. The Balaban J connectivity index is 2.48. The number of nitrogens with zero attached hydrogens (tertiary/aromatic N) is 2. The van der Waals surface area contributed by atoms with E-state index in [1.807, 2.05) is 0 Å². The van der Waals surface area contributed by atoms with Gasteiger partial charge in [-0.1, -0.05) is 6.55 Å². The fourth-order valence-electron chi connectivity index (χ4n) is 0.917. The third kappa shape index (κ3) is 3.04. The third-order valence-corrected chi connectivity index (χ3v) is 3.01. The smallest absolute Gasteiger partial charge is 0.179 e. The molecule has 0 aromatic carbocycles. The summed E-state index contributed by atoms with van der Waals surface area (Å²) in [5.74, 6) is 0. The topological polar surface area (TPSA) is 44.1 Å². The number of ether oxygens (including phenoxy) is 1. The van der Waals surface area contributed by atoms with Gasteiger partial charge in [-0.3, -0.25) is 9.36 Å². The van der Waals surface area contributed by atoms with E-state index in [2.05, 4.69) is 27.5 Å². The third-order valence-electron chi connectivity index (χ3n) is 1.68. The van der Waals surface area contributed by atoms with E-state index in [-0.39, 0.29) is 0 Å². The summed E-state index contributed by atoms with van der Waals surface area (Å²) < 4.78 is 7.69. The SMILES string of the molecule is C[Si]CCOCn1c(C=O)cnc1Br. The first kappa shape index (κ1) is 11.6. The number of rotatable bonds is 6. The Labute approximate surface area is 93.6 Å². The zero-order chi connectivity index (χ0) is 10.4. The second-order valence-electron chi connectivity index (χ2n) is 2.64. The summed E-state index contributed by atoms with van der Waals surface area (Å²) in [4.78, 5) is 14.6. The van der Waals surface area contributed by atoms with Crippen LogP contribution in [0.15, 0.2) is 10.9 Å². The summed E-state index contributed by atoms with van der Waals surface area (Å²) in [6, 6.07) is 1.06. The molecule has 0 spiro atoms. The first-order valence-corrected chi connectivity index (χ1v) is 6.68. The molecule has 14 heavy (non-hydrogen) atoms. The van der Waals surface area contributed by atoms with Crippen LogP contribution in [0.3, 0.4) is 0 Å². The van der Waals surface area contributed by atoms with Crippen LogP contribution < -0.4 is 0 Å². The fourth-order valence-corrected chi connectivity index (χ4v) is 1.68. The van der Waals surface area contributed by atoms with Gasteiger partial charge in [0.1, 0.15) is 12.4 Å². The van der Waals surface area contributed by atoms with Crippen LogP contribution in [0.5, 0.6) is 0 Å². The quantitative estimate of drug-likeness (QED) is 0.450. The minimum absolute atomic E-state index is 0.374. The number of hydrogen-bond donors (Lipinski definition) is 0. The van der Waals surface area contributed by atoms with Gasteiger partial charge in [0.25, 0.3) is 0 Å². The molecule has 0 unspecified atom stereocenters. The van der Waals surface area contributed by atoms with Crippen molar-refractivity contribution >= 4 is 31.7 Å². The highest BCUT2D eigenvalue weighted by molar-refractivity contribution is 9.10. The molecule has 4 nitrogen and oxygen atoms in total. The van der Waals surface area contributed by atoms with Crippen LogP contribution in [0.1, 0.15) is 10.5 Å². The van der Waals surface area contributed by atoms with Gasteiger partial charge in [0.15, 0.2) is 11.0 Å². The molecule has 0 saturated heterocycles. The number of carbonyl (C=O) groups is 1. The lowest BCUT2D eigenvalue weighted by molar-refractivity contribution is 0.0826. The van der Waals surface area contributed by atoms with Gasteiger partial charge in [0, 0.05) is 16.1 Å². The molecule has 2 radical (unpaired) electrons. The molecule has 0 N–H and O–H groups in total. The molecule has 1 rings (SSSR count). The maximum absolute atomic E-state index is 10.6. The Morgan fingerprint density at radius 1 is 1.79 bits per heavy atom. The molecule has 0 aliphatic carbocycles. The van der Waals surface area contributed by atoms with Gasteiger partial charge in [-0.2, -0.15) is 0 Å². The molecule has 0 bridgehead atoms. The van der Waals surface area contributed by atoms with Crippen LogP contribution in [0.2, 0.25) is 12.6 Å². The normalized spacial score (nSPS) is 10.4. The predicted octanol–water partition coefficient (Wildman–Crippen LogP) is 1.60. The molecule has 76 valence electrons. The van der Waals surface area contributed by atoms with E-state index in [1.54, 1.807) is 4.57 Å². The fraction of sp³-hybridized carbons (Fsp3) is 0.500. The minimum atomic E-state index is 0.374. The second-order valence-corrected chi connectivity index (χ2v) is 4.56. The molecule has 0 aliphatic rings. The molecular formula is C8H11BrN2O2Si. The molecule has 0 aliphatic heterocycles. The molecule has 0 amide bonds. The molecule has 1 aromatic heterocycles. The summed E-state index contributed by atoms with van der Waals surface area (Å²) in [5.41, 5.74) is 0.524. The van der Waals surface area contributed by atoms with Crippen LogP contribution in [-0.2, 0) is 11.5 Å². The van der Waals surface area contributed by atoms with Crippen molar-refractivity contribution in [2.24, 2.45) is 0 Å². The highest BCUT2D eigenvalue weighted by Crippen LogP contribution is 2.10. The molecule has 0 atom stereocenters. The van der Waals surface area contributed by atoms with Crippen molar-refractivity contribution in [3.05, 3.63) is 16.6 Å². The summed E-state index contributed by atoms with van der Waals surface area (Å²) in [7, 11) is 0.896. The molecule has 0 saturated carbocycles. The Hall–Kier alpha value is -0.463. The van der Waals surface area contributed by atoms with Gasteiger partial charge in [0.2, 0.25) is 0 Å². The molecular weight excluding hydrogens is 264 g/mol. The predicted molar refractivity (Wildman–Crippen MR) is 57.7 cm³/mol. The van der Waals surface area contributed by atoms with Crippen LogP contribution in [0, 0.1) is 0 Å². The maximum atomic E-state index is 10.6. The van der Waals surface area contributed by atoms with Crippen LogP contribution in [-0.4, -0.2) is 32.0 Å². The summed E-state index contributed by atoms with van der Waals surface area (Å²) in [6.45, 7) is 3.23. The Morgan fingerprint density at radius 3 is 3.21 bits per heavy atom. The van der Waals surface area contributed by atoms with Gasteiger partial charge >= 0.3 is 0 Å². The van der Waals surface area contributed by atoms with Crippen LogP contribution >= 0.6 is 15.9 Å². The van der Waals surface area contributed by atoms with Crippen molar-refractivity contribution in [1.29, 1.82) is 0 Å². The van der Waals surface area contributed by atoms with Crippen molar-refractivity contribution in [2.75, 3.05) is 6.61 Å². The average Bonchev–Trinajstić information content (AvgIpc) is 2.55. The molecule has 6 heteroatoms. The monoisotopic (exact) mass is 274 g/mol. The second kappa shape index (κ2) is 6.10. The van der Waals surface area contributed by atoms with E-state index < -0.39 is 0 Å². The Bertz CT molecular complexity index is 304. The molecule has 0 fully saturated rings. The first-order chi connectivity index (χ1) is 6.79. The number of aldehydes is 1. The number of carbonyl (C=O) groups excluding carboxylic acids is 1. The lowest BCUT2D eigenvalue weighted by atomic mass is 10.5. The van der Waals surface area contributed by atoms with Crippen molar-refractivity contribution in [3.63, 3.8) is 0 Å². The number of imidazole rings is 1. The Morgan fingerprint density at radius 2 is 2.57 bits per heavy atom. The molecule has 1 heterocycles. The maximum Gasteiger partial charge on any atom is 0.179 e. The summed E-state index contributed by atoms with van der Waals surface area (Å²) >= 11 is 3.24. The number of hydrogen-bond acceptors (Lipinski definition) is 3. The van der Waals surface area contributed by atoms with E-state index >= 15 is 0 Å². The van der Waals surface area contributed by atoms with Gasteiger partial charge in [-0.25, -0.2) is 4.98 Å². The van der Waals surface area contributed by atoms with Crippen molar-refractivity contribution in [1.82, 2.24) is 9.55 Å².